The summed E-state index contributed by atoms with van der Waals surface area (Å²) in [6, 6.07) is 17.3. The molecule has 2 aromatic carbocycles. The molecule has 0 unspecified atom stereocenters. The van der Waals surface area contributed by atoms with Crippen molar-refractivity contribution in [3.8, 4) is 5.75 Å². The Morgan fingerprint density at radius 3 is 2.50 bits per heavy atom. The fourth-order valence-corrected chi connectivity index (χ4v) is 2.64. The highest BCUT2D eigenvalue weighted by Gasteiger charge is 2.12. The summed E-state index contributed by atoms with van der Waals surface area (Å²) in [5, 5.41) is 7.70. The average molecular weight is 380 g/mol. The summed E-state index contributed by atoms with van der Waals surface area (Å²) < 4.78 is 11.3. The number of carbonyl (C=O) groups excluding carboxylic acids is 2. The minimum atomic E-state index is -0.323. The van der Waals surface area contributed by atoms with Gasteiger partial charge in [0.1, 0.15) is 18.1 Å². The van der Waals surface area contributed by atoms with Crippen LogP contribution < -0.4 is 15.4 Å². The van der Waals surface area contributed by atoms with Crippen LogP contribution >= 0.6 is 0 Å². The molecule has 6 heteroatoms. The van der Waals surface area contributed by atoms with E-state index in [4.69, 9.17) is 9.15 Å². The number of rotatable bonds is 8. The van der Waals surface area contributed by atoms with Crippen LogP contribution in [0.25, 0.3) is 10.8 Å². The number of furan rings is 1. The molecule has 28 heavy (non-hydrogen) atoms. The Morgan fingerprint density at radius 2 is 1.71 bits per heavy atom. The minimum absolute atomic E-state index is 0.0413. The van der Waals surface area contributed by atoms with E-state index < -0.39 is 0 Å². The van der Waals surface area contributed by atoms with Crippen LogP contribution in [-0.4, -0.2) is 24.9 Å². The van der Waals surface area contributed by atoms with Crippen molar-refractivity contribution in [2.45, 2.75) is 20.5 Å². The van der Waals surface area contributed by atoms with E-state index in [1.165, 1.54) is 0 Å². The second-order valence-electron chi connectivity index (χ2n) is 6.77. The van der Waals surface area contributed by atoms with Gasteiger partial charge in [-0.05, 0) is 35.0 Å². The molecule has 0 fully saturated rings. The van der Waals surface area contributed by atoms with Crippen molar-refractivity contribution < 1.29 is 18.7 Å². The summed E-state index contributed by atoms with van der Waals surface area (Å²) in [5.41, 5.74) is 0. The van der Waals surface area contributed by atoms with Gasteiger partial charge in [-0.2, -0.15) is 0 Å². The second-order valence-corrected chi connectivity index (χ2v) is 6.77. The van der Waals surface area contributed by atoms with Crippen molar-refractivity contribution >= 4 is 22.6 Å². The Bertz CT molecular complexity index is 962. The van der Waals surface area contributed by atoms with Gasteiger partial charge in [0.15, 0.2) is 5.76 Å². The van der Waals surface area contributed by atoms with E-state index >= 15 is 0 Å². The Labute approximate surface area is 163 Å². The van der Waals surface area contributed by atoms with Gasteiger partial charge >= 0.3 is 0 Å². The summed E-state index contributed by atoms with van der Waals surface area (Å²) in [6.45, 7) is 4.58. The van der Waals surface area contributed by atoms with Gasteiger partial charge in [-0.25, -0.2) is 0 Å². The molecule has 6 nitrogen and oxygen atoms in total. The van der Waals surface area contributed by atoms with E-state index in [9.17, 15) is 9.59 Å². The fraction of sp³-hybridized carbons (Fsp3) is 0.273. The highest BCUT2D eigenvalue weighted by Crippen LogP contribution is 2.21. The number of ether oxygens (including phenoxy) is 1. The van der Waals surface area contributed by atoms with Gasteiger partial charge in [-0.3, -0.25) is 9.59 Å². The topological polar surface area (TPSA) is 80.6 Å². The molecule has 0 aliphatic carbocycles. The Kier molecular flexibility index (Phi) is 6.32. The Hall–Kier alpha value is -3.28. The number of hydrogen-bond donors (Lipinski definition) is 2. The van der Waals surface area contributed by atoms with Crippen LogP contribution in [0.4, 0.5) is 0 Å². The lowest BCUT2D eigenvalue weighted by Gasteiger charge is -2.08. The van der Waals surface area contributed by atoms with Crippen molar-refractivity contribution in [1.82, 2.24) is 10.6 Å². The first kappa shape index (κ1) is 19.5. The van der Waals surface area contributed by atoms with Crippen LogP contribution in [-0.2, 0) is 11.4 Å². The van der Waals surface area contributed by atoms with Gasteiger partial charge in [-0.1, -0.05) is 44.2 Å². The fourth-order valence-electron chi connectivity index (χ4n) is 2.64. The Balaban J connectivity index is 1.47. The third kappa shape index (κ3) is 5.13. The molecule has 0 aliphatic rings. The number of fused-ring (bicyclic) bond motifs is 1. The van der Waals surface area contributed by atoms with E-state index in [1.54, 1.807) is 12.1 Å². The monoisotopic (exact) mass is 380 g/mol. The molecule has 1 heterocycles. The smallest absolute Gasteiger partial charge is 0.287 e. The van der Waals surface area contributed by atoms with Gasteiger partial charge < -0.3 is 19.8 Å². The maximum atomic E-state index is 12.1. The first-order chi connectivity index (χ1) is 13.5. The van der Waals surface area contributed by atoms with Gasteiger partial charge in [0.2, 0.25) is 5.91 Å². The van der Waals surface area contributed by atoms with Crippen molar-refractivity contribution in [1.29, 1.82) is 0 Å². The highest BCUT2D eigenvalue weighted by molar-refractivity contribution is 5.91. The van der Waals surface area contributed by atoms with Gasteiger partial charge in [0, 0.05) is 19.0 Å². The SMILES string of the molecule is CC(C)C(=O)NCCNC(=O)c1ccc(COc2ccc3ccccc3c2)o1. The van der Waals surface area contributed by atoms with E-state index in [-0.39, 0.29) is 30.1 Å². The number of carbonyl (C=O) groups is 2. The molecule has 0 atom stereocenters. The standard InChI is InChI=1S/C22H24N2O4/c1-15(2)21(25)23-11-12-24-22(26)20-10-9-19(28-20)14-27-18-8-7-16-5-3-4-6-17(16)13-18/h3-10,13,15H,11-12,14H2,1-2H3,(H,23,25)(H,24,26). The predicted molar refractivity (Wildman–Crippen MR) is 107 cm³/mol. The first-order valence-electron chi connectivity index (χ1n) is 9.29. The molecule has 0 spiro atoms. The third-order valence-corrected chi connectivity index (χ3v) is 4.22. The van der Waals surface area contributed by atoms with Crippen molar-refractivity contribution in [2.75, 3.05) is 13.1 Å². The molecule has 3 rings (SSSR count). The Morgan fingerprint density at radius 1 is 0.964 bits per heavy atom. The molecule has 0 saturated carbocycles. The van der Waals surface area contributed by atoms with Crippen LogP contribution in [0.1, 0.15) is 30.2 Å². The lowest BCUT2D eigenvalue weighted by Crippen LogP contribution is -2.36. The zero-order valence-electron chi connectivity index (χ0n) is 16.0. The van der Waals surface area contributed by atoms with Gasteiger partial charge in [0.25, 0.3) is 5.91 Å². The van der Waals surface area contributed by atoms with Crippen LogP contribution in [0.3, 0.4) is 0 Å². The van der Waals surface area contributed by atoms with Crippen molar-refractivity contribution in [3.05, 3.63) is 66.1 Å². The molecule has 0 aliphatic heterocycles. The van der Waals surface area contributed by atoms with Gasteiger partial charge in [-0.15, -0.1) is 0 Å². The van der Waals surface area contributed by atoms with E-state index in [0.29, 0.717) is 18.8 Å². The maximum Gasteiger partial charge on any atom is 0.287 e. The van der Waals surface area contributed by atoms with Crippen LogP contribution in [0.5, 0.6) is 5.75 Å². The lowest BCUT2D eigenvalue weighted by molar-refractivity contribution is -0.123. The summed E-state index contributed by atoms with van der Waals surface area (Å²) in [4.78, 5) is 23.6. The average Bonchev–Trinajstić information content (AvgIpc) is 3.18. The number of amides is 2. The van der Waals surface area contributed by atoms with E-state index in [2.05, 4.69) is 10.6 Å². The zero-order chi connectivity index (χ0) is 19.9. The number of benzene rings is 2. The lowest BCUT2D eigenvalue weighted by atomic mass is 10.1. The minimum Gasteiger partial charge on any atom is -0.486 e. The molecule has 0 bridgehead atoms. The number of nitrogens with one attached hydrogen (secondary N) is 2. The quantitative estimate of drug-likeness (QED) is 0.586. The van der Waals surface area contributed by atoms with Crippen LogP contribution in [0.15, 0.2) is 59.0 Å². The summed E-state index contributed by atoms with van der Waals surface area (Å²) in [5.74, 6) is 1.07. The normalized spacial score (nSPS) is 10.8. The van der Waals surface area contributed by atoms with Crippen LogP contribution in [0.2, 0.25) is 0 Å². The van der Waals surface area contributed by atoms with Crippen molar-refractivity contribution in [2.24, 2.45) is 5.92 Å². The van der Waals surface area contributed by atoms with E-state index in [0.717, 1.165) is 16.5 Å². The molecule has 146 valence electrons. The molecular weight excluding hydrogens is 356 g/mol. The molecule has 2 N–H and O–H groups in total. The summed E-state index contributed by atoms with van der Waals surface area (Å²) in [7, 11) is 0. The summed E-state index contributed by atoms with van der Waals surface area (Å²) in [6.07, 6.45) is 0. The molecule has 0 radical (unpaired) electrons. The van der Waals surface area contributed by atoms with Crippen LogP contribution in [0, 0.1) is 5.92 Å². The zero-order valence-corrected chi connectivity index (χ0v) is 16.0. The maximum absolute atomic E-state index is 12.1. The number of hydrogen-bond acceptors (Lipinski definition) is 4. The molecule has 0 saturated heterocycles. The second kappa shape index (κ2) is 9.08. The predicted octanol–water partition coefficient (Wildman–Crippen LogP) is 3.51. The van der Waals surface area contributed by atoms with Crippen molar-refractivity contribution in [3.63, 3.8) is 0 Å². The molecule has 3 aromatic rings. The third-order valence-electron chi connectivity index (χ3n) is 4.22. The van der Waals surface area contributed by atoms with Gasteiger partial charge in [0.05, 0.1) is 0 Å². The summed E-state index contributed by atoms with van der Waals surface area (Å²) >= 11 is 0. The first-order valence-corrected chi connectivity index (χ1v) is 9.29. The molecule has 2 amide bonds. The molecule has 1 aromatic heterocycles. The largest absolute Gasteiger partial charge is 0.486 e. The molecular formula is C22H24N2O4. The van der Waals surface area contributed by atoms with E-state index in [1.807, 2.05) is 56.3 Å². The highest BCUT2D eigenvalue weighted by atomic mass is 16.5.